The number of amides is 1. The molecule has 0 radical (unpaired) electrons. The van der Waals surface area contributed by atoms with Crippen molar-refractivity contribution in [2.24, 2.45) is 10.9 Å². The normalized spacial score (nSPS) is 11.2. The van der Waals surface area contributed by atoms with Crippen LogP contribution in [0.15, 0.2) is 52.1 Å². The highest BCUT2D eigenvalue weighted by Crippen LogP contribution is 2.20. The number of rotatable bonds is 3. The fourth-order valence-electron chi connectivity index (χ4n) is 1.65. The van der Waals surface area contributed by atoms with Crippen LogP contribution in [0.1, 0.15) is 15.9 Å². The van der Waals surface area contributed by atoms with E-state index in [1.807, 2.05) is 0 Å². The summed E-state index contributed by atoms with van der Waals surface area (Å²) >= 11 is 3.05. The maximum atomic E-state index is 13.1. The summed E-state index contributed by atoms with van der Waals surface area (Å²) in [6, 6.07) is 10.5. The van der Waals surface area contributed by atoms with E-state index in [0.717, 1.165) is 0 Å². The Hall–Kier alpha value is -2.41. The van der Waals surface area contributed by atoms with Crippen LogP contribution >= 0.6 is 15.9 Å². The molecule has 21 heavy (non-hydrogen) atoms. The number of amidine groups is 1. The minimum atomic E-state index is -0.415. The summed E-state index contributed by atoms with van der Waals surface area (Å²) in [7, 11) is 0. The molecule has 0 aromatic heterocycles. The zero-order valence-corrected chi connectivity index (χ0v) is 12.3. The molecule has 1 amide bonds. The minimum absolute atomic E-state index is 0.0887. The first-order valence-corrected chi connectivity index (χ1v) is 6.65. The van der Waals surface area contributed by atoms with Gasteiger partial charge in [0.2, 0.25) is 0 Å². The van der Waals surface area contributed by atoms with E-state index in [1.165, 1.54) is 24.3 Å². The number of hydrogen-bond acceptors (Lipinski definition) is 3. The van der Waals surface area contributed by atoms with Crippen LogP contribution in [-0.2, 0) is 0 Å². The van der Waals surface area contributed by atoms with Gasteiger partial charge in [0.1, 0.15) is 5.82 Å². The van der Waals surface area contributed by atoms with Crippen molar-refractivity contribution in [3.05, 3.63) is 63.9 Å². The first-order valence-electron chi connectivity index (χ1n) is 5.85. The standard InChI is InChI=1S/C14H11BrFN3O2/c15-11-7-10(4-5-12(11)16)18-14(20)9-3-1-2-8(6-9)13(17)19-21/h1-7,21H,(H2,17,19)(H,18,20). The van der Waals surface area contributed by atoms with Gasteiger partial charge in [0, 0.05) is 16.8 Å². The van der Waals surface area contributed by atoms with Gasteiger partial charge in [0.15, 0.2) is 5.84 Å². The fraction of sp³-hybridized carbons (Fsp3) is 0. The Balaban J connectivity index is 2.22. The summed E-state index contributed by atoms with van der Waals surface area (Å²) in [5.74, 6) is -0.891. The molecule has 2 rings (SSSR count). The van der Waals surface area contributed by atoms with Gasteiger partial charge in [-0.2, -0.15) is 0 Å². The molecule has 0 unspecified atom stereocenters. The van der Waals surface area contributed by atoms with Crippen LogP contribution in [0.25, 0.3) is 0 Å². The van der Waals surface area contributed by atoms with Gasteiger partial charge in [-0.3, -0.25) is 4.79 Å². The number of benzene rings is 2. The largest absolute Gasteiger partial charge is 0.409 e. The predicted octanol–water partition coefficient (Wildman–Crippen LogP) is 2.94. The summed E-state index contributed by atoms with van der Waals surface area (Å²) in [5.41, 5.74) is 6.67. The van der Waals surface area contributed by atoms with Gasteiger partial charge in [-0.25, -0.2) is 4.39 Å². The summed E-state index contributed by atoms with van der Waals surface area (Å²) in [6.45, 7) is 0. The molecule has 0 atom stereocenters. The highest BCUT2D eigenvalue weighted by Gasteiger charge is 2.09. The van der Waals surface area contributed by atoms with E-state index in [0.29, 0.717) is 16.8 Å². The Kier molecular flexibility index (Phi) is 4.54. The maximum absolute atomic E-state index is 13.1. The Morgan fingerprint density at radius 1 is 1.24 bits per heavy atom. The third-order valence-corrected chi connectivity index (χ3v) is 3.31. The van der Waals surface area contributed by atoms with Gasteiger partial charge in [0.05, 0.1) is 4.47 Å². The molecule has 108 valence electrons. The van der Waals surface area contributed by atoms with Crippen molar-refractivity contribution in [2.75, 3.05) is 5.32 Å². The van der Waals surface area contributed by atoms with Gasteiger partial charge >= 0.3 is 0 Å². The van der Waals surface area contributed by atoms with Gasteiger partial charge < -0.3 is 16.3 Å². The van der Waals surface area contributed by atoms with Crippen LogP contribution in [0.5, 0.6) is 0 Å². The molecular weight excluding hydrogens is 341 g/mol. The number of nitrogens with zero attached hydrogens (tertiary/aromatic N) is 1. The number of nitrogens with two attached hydrogens (primary N) is 1. The molecule has 0 heterocycles. The Labute approximate surface area is 128 Å². The van der Waals surface area contributed by atoms with Crippen molar-refractivity contribution in [1.29, 1.82) is 0 Å². The smallest absolute Gasteiger partial charge is 0.255 e. The fourth-order valence-corrected chi connectivity index (χ4v) is 2.03. The molecule has 0 aliphatic rings. The first-order chi connectivity index (χ1) is 10.0. The van der Waals surface area contributed by atoms with Gasteiger partial charge in [-0.15, -0.1) is 0 Å². The Morgan fingerprint density at radius 3 is 2.62 bits per heavy atom. The van der Waals surface area contributed by atoms with Gasteiger partial charge in [-0.1, -0.05) is 17.3 Å². The molecule has 7 heteroatoms. The average molecular weight is 352 g/mol. The van der Waals surface area contributed by atoms with Crippen LogP contribution in [-0.4, -0.2) is 17.0 Å². The van der Waals surface area contributed by atoms with E-state index in [1.54, 1.807) is 18.2 Å². The molecule has 2 aromatic rings. The van der Waals surface area contributed by atoms with Crippen molar-refractivity contribution in [3.8, 4) is 0 Å². The molecule has 0 saturated heterocycles. The second-order valence-electron chi connectivity index (χ2n) is 4.15. The van der Waals surface area contributed by atoms with E-state index >= 15 is 0 Å². The van der Waals surface area contributed by atoms with Crippen LogP contribution in [0.3, 0.4) is 0 Å². The monoisotopic (exact) mass is 351 g/mol. The Bertz CT molecular complexity index is 719. The lowest BCUT2D eigenvalue weighted by molar-refractivity contribution is 0.102. The van der Waals surface area contributed by atoms with E-state index in [2.05, 4.69) is 26.4 Å². The van der Waals surface area contributed by atoms with Crippen LogP contribution in [0, 0.1) is 5.82 Å². The van der Waals surface area contributed by atoms with Crippen LogP contribution < -0.4 is 11.1 Å². The van der Waals surface area contributed by atoms with Crippen LogP contribution in [0.2, 0.25) is 0 Å². The summed E-state index contributed by atoms with van der Waals surface area (Å²) in [6.07, 6.45) is 0. The highest BCUT2D eigenvalue weighted by molar-refractivity contribution is 9.10. The molecule has 0 bridgehead atoms. The number of anilines is 1. The number of hydrogen-bond donors (Lipinski definition) is 3. The van der Waals surface area contributed by atoms with Crippen molar-refractivity contribution in [1.82, 2.24) is 0 Å². The number of halogens is 2. The third kappa shape index (κ3) is 3.57. The molecule has 0 aliphatic carbocycles. The molecule has 2 aromatic carbocycles. The lowest BCUT2D eigenvalue weighted by Crippen LogP contribution is -2.16. The van der Waals surface area contributed by atoms with Gasteiger partial charge in [-0.05, 0) is 46.3 Å². The molecule has 5 nitrogen and oxygen atoms in total. The molecule has 0 spiro atoms. The van der Waals surface area contributed by atoms with E-state index in [9.17, 15) is 9.18 Å². The van der Waals surface area contributed by atoms with Crippen molar-refractivity contribution in [3.63, 3.8) is 0 Å². The topological polar surface area (TPSA) is 87.7 Å². The van der Waals surface area contributed by atoms with E-state index in [4.69, 9.17) is 10.9 Å². The lowest BCUT2D eigenvalue weighted by atomic mass is 10.1. The summed E-state index contributed by atoms with van der Waals surface area (Å²) in [5, 5.41) is 14.1. The van der Waals surface area contributed by atoms with Crippen molar-refractivity contribution in [2.45, 2.75) is 0 Å². The molecular formula is C14H11BrFN3O2. The lowest BCUT2D eigenvalue weighted by Gasteiger charge is -2.07. The first kappa shape index (κ1) is 15.0. The second-order valence-corrected chi connectivity index (χ2v) is 5.00. The molecule has 4 N–H and O–H groups in total. The number of oxime groups is 1. The predicted molar refractivity (Wildman–Crippen MR) is 81.0 cm³/mol. The zero-order valence-electron chi connectivity index (χ0n) is 10.7. The van der Waals surface area contributed by atoms with E-state index in [-0.39, 0.29) is 16.2 Å². The van der Waals surface area contributed by atoms with Crippen molar-refractivity contribution >= 4 is 33.4 Å². The van der Waals surface area contributed by atoms with Crippen molar-refractivity contribution < 1.29 is 14.4 Å². The zero-order chi connectivity index (χ0) is 15.4. The summed E-state index contributed by atoms with van der Waals surface area (Å²) in [4.78, 5) is 12.1. The summed E-state index contributed by atoms with van der Waals surface area (Å²) < 4.78 is 13.4. The maximum Gasteiger partial charge on any atom is 0.255 e. The molecule has 0 fully saturated rings. The van der Waals surface area contributed by atoms with Gasteiger partial charge in [0.25, 0.3) is 5.91 Å². The van der Waals surface area contributed by atoms with Crippen LogP contribution in [0.4, 0.5) is 10.1 Å². The minimum Gasteiger partial charge on any atom is -0.409 e. The quantitative estimate of drug-likeness (QED) is 0.344. The molecule has 0 saturated carbocycles. The third-order valence-electron chi connectivity index (χ3n) is 2.71. The molecule has 0 aliphatic heterocycles. The number of nitrogens with one attached hydrogen (secondary N) is 1. The average Bonchev–Trinajstić information content (AvgIpc) is 2.50. The SMILES string of the molecule is N/C(=N/O)c1cccc(C(=O)Nc2ccc(F)c(Br)c2)c1. The number of carbonyl (C=O) groups is 1. The van der Waals surface area contributed by atoms with E-state index < -0.39 is 5.82 Å². The highest BCUT2D eigenvalue weighted by atomic mass is 79.9. The second kappa shape index (κ2) is 6.36. The number of carbonyl (C=O) groups excluding carboxylic acids is 1. The Morgan fingerprint density at radius 2 is 1.95 bits per heavy atom.